The minimum absolute atomic E-state index is 0.0551. The molecule has 6 heteroatoms. The van der Waals surface area contributed by atoms with Crippen molar-refractivity contribution in [2.24, 2.45) is 0 Å². The van der Waals surface area contributed by atoms with Crippen molar-refractivity contribution >= 4 is 27.5 Å². The Kier molecular flexibility index (Phi) is 6.06. The standard InChI is InChI=1S/C21H25N3O2S/c1-4-5-11-23(3)18(25)10-12-24-14-22-20-19(21(24)26)17(13-27-20)16-8-6-15(2)7-9-16/h6-9,13-14H,4-5,10-12H2,1-3H3. The first kappa shape index (κ1) is 19.3. The fourth-order valence-electron chi connectivity index (χ4n) is 3.00. The number of carbonyl (C=O) groups excluding carboxylic acids is 1. The summed E-state index contributed by atoms with van der Waals surface area (Å²) in [6, 6.07) is 8.14. The number of hydrogen-bond acceptors (Lipinski definition) is 4. The molecule has 3 rings (SSSR count). The Balaban J connectivity index is 1.84. The van der Waals surface area contributed by atoms with E-state index >= 15 is 0 Å². The molecule has 0 N–H and O–H groups in total. The number of unbranched alkanes of at least 4 members (excludes halogenated alkanes) is 1. The van der Waals surface area contributed by atoms with Crippen molar-refractivity contribution in [2.45, 2.75) is 39.7 Å². The molecule has 0 aliphatic heterocycles. The zero-order chi connectivity index (χ0) is 19.4. The quantitative estimate of drug-likeness (QED) is 0.618. The highest BCUT2D eigenvalue weighted by atomic mass is 32.1. The number of aryl methyl sites for hydroxylation is 2. The van der Waals surface area contributed by atoms with Crippen LogP contribution in [0.1, 0.15) is 31.7 Å². The van der Waals surface area contributed by atoms with E-state index < -0.39 is 0 Å². The molecule has 0 bridgehead atoms. The average Bonchev–Trinajstić information content (AvgIpc) is 3.10. The molecule has 0 spiro atoms. The SMILES string of the molecule is CCCCN(C)C(=O)CCn1cnc2scc(-c3ccc(C)cc3)c2c1=O. The molecule has 2 aromatic heterocycles. The second-order valence-corrected chi connectivity index (χ2v) is 7.72. The Bertz CT molecular complexity index is 989. The number of benzene rings is 1. The molecule has 2 heterocycles. The Morgan fingerprint density at radius 3 is 2.70 bits per heavy atom. The summed E-state index contributed by atoms with van der Waals surface area (Å²) >= 11 is 1.47. The van der Waals surface area contributed by atoms with Crippen LogP contribution in [0, 0.1) is 6.92 Å². The van der Waals surface area contributed by atoms with Gasteiger partial charge < -0.3 is 4.90 Å². The van der Waals surface area contributed by atoms with Gasteiger partial charge in [-0.3, -0.25) is 14.2 Å². The van der Waals surface area contributed by atoms with E-state index in [4.69, 9.17) is 0 Å². The molecule has 1 amide bonds. The predicted molar refractivity (Wildman–Crippen MR) is 111 cm³/mol. The van der Waals surface area contributed by atoms with Gasteiger partial charge in [0.2, 0.25) is 5.91 Å². The number of amides is 1. The van der Waals surface area contributed by atoms with E-state index in [1.165, 1.54) is 16.9 Å². The van der Waals surface area contributed by atoms with Crippen LogP contribution < -0.4 is 5.56 Å². The number of thiophene rings is 1. The van der Waals surface area contributed by atoms with Crippen LogP contribution in [-0.2, 0) is 11.3 Å². The molecule has 1 aromatic carbocycles. The molecule has 5 nitrogen and oxygen atoms in total. The van der Waals surface area contributed by atoms with Crippen molar-refractivity contribution in [3.63, 3.8) is 0 Å². The van der Waals surface area contributed by atoms with E-state index in [0.29, 0.717) is 18.4 Å². The van der Waals surface area contributed by atoms with Crippen LogP contribution in [0.25, 0.3) is 21.3 Å². The zero-order valence-electron chi connectivity index (χ0n) is 16.1. The monoisotopic (exact) mass is 383 g/mol. The maximum Gasteiger partial charge on any atom is 0.262 e. The lowest BCUT2D eigenvalue weighted by Gasteiger charge is -2.16. The first-order chi connectivity index (χ1) is 13.0. The summed E-state index contributed by atoms with van der Waals surface area (Å²) in [7, 11) is 1.82. The molecule has 0 aliphatic carbocycles. The lowest BCUT2D eigenvalue weighted by Crippen LogP contribution is -2.30. The predicted octanol–water partition coefficient (Wildman–Crippen LogP) is 4.08. The number of nitrogens with zero attached hydrogens (tertiary/aromatic N) is 3. The van der Waals surface area contributed by atoms with Gasteiger partial charge in [0, 0.05) is 37.5 Å². The first-order valence-corrected chi connectivity index (χ1v) is 10.2. The van der Waals surface area contributed by atoms with Crippen LogP contribution in [0.3, 0.4) is 0 Å². The Labute approximate surface area is 163 Å². The van der Waals surface area contributed by atoms with Crippen molar-refractivity contribution in [3.8, 4) is 11.1 Å². The van der Waals surface area contributed by atoms with Gasteiger partial charge in [-0.1, -0.05) is 43.2 Å². The van der Waals surface area contributed by atoms with Gasteiger partial charge in [0.25, 0.3) is 5.56 Å². The van der Waals surface area contributed by atoms with Gasteiger partial charge >= 0.3 is 0 Å². The normalized spacial score (nSPS) is 11.1. The maximum atomic E-state index is 13.0. The molecular formula is C21H25N3O2S. The van der Waals surface area contributed by atoms with E-state index in [1.807, 2.05) is 43.6 Å². The fraction of sp³-hybridized carbons (Fsp3) is 0.381. The zero-order valence-corrected chi connectivity index (χ0v) is 16.9. The van der Waals surface area contributed by atoms with Gasteiger partial charge in [-0.2, -0.15) is 0 Å². The third kappa shape index (κ3) is 4.27. The molecule has 3 aromatic rings. The Morgan fingerprint density at radius 2 is 2.00 bits per heavy atom. The van der Waals surface area contributed by atoms with Crippen molar-refractivity contribution in [3.05, 3.63) is 51.9 Å². The molecule has 0 unspecified atom stereocenters. The number of carbonyl (C=O) groups is 1. The lowest BCUT2D eigenvalue weighted by atomic mass is 10.1. The molecular weight excluding hydrogens is 358 g/mol. The average molecular weight is 384 g/mol. The summed E-state index contributed by atoms with van der Waals surface area (Å²) in [6.07, 6.45) is 3.90. The first-order valence-electron chi connectivity index (χ1n) is 9.29. The highest BCUT2D eigenvalue weighted by Gasteiger charge is 2.14. The molecule has 0 saturated heterocycles. The maximum absolute atomic E-state index is 13.0. The second-order valence-electron chi connectivity index (χ2n) is 6.86. The van der Waals surface area contributed by atoms with E-state index in [2.05, 4.69) is 11.9 Å². The minimum atomic E-state index is -0.0826. The second kappa shape index (κ2) is 8.48. The van der Waals surface area contributed by atoms with E-state index in [-0.39, 0.29) is 11.5 Å². The van der Waals surface area contributed by atoms with Crippen LogP contribution >= 0.6 is 11.3 Å². The molecule has 0 atom stereocenters. The molecule has 0 radical (unpaired) electrons. The van der Waals surface area contributed by atoms with Crippen LogP contribution in [0.5, 0.6) is 0 Å². The van der Waals surface area contributed by atoms with Crippen molar-refractivity contribution < 1.29 is 4.79 Å². The van der Waals surface area contributed by atoms with Crippen LogP contribution in [0.15, 0.2) is 40.8 Å². The molecule has 0 fully saturated rings. The highest BCUT2D eigenvalue weighted by Crippen LogP contribution is 2.30. The van der Waals surface area contributed by atoms with Gasteiger partial charge in [-0.05, 0) is 18.9 Å². The van der Waals surface area contributed by atoms with E-state index in [0.717, 1.165) is 35.3 Å². The smallest absolute Gasteiger partial charge is 0.262 e. The Morgan fingerprint density at radius 1 is 1.26 bits per heavy atom. The highest BCUT2D eigenvalue weighted by molar-refractivity contribution is 7.17. The summed E-state index contributed by atoms with van der Waals surface area (Å²) in [5.41, 5.74) is 3.02. The summed E-state index contributed by atoms with van der Waals surface area (Å²) < 4.78 is 1.55. The molecule has 27 heavy (non-hydrogen) atoms. The van der Waals surface area contributed by atoms with E-state index in [9.17, 15) is 9.59 Å². The van der Waals surface area contributed by atoms with Gasteiger partial charge in [-0.15, -0.1) is 11.3 Å². The van der Waals surface area contributed by atoms with Crippen LogP contribution in [0.4, 0.5) is 0 Å². The minimum Gasteiger partial charge on any atom is -0.346 e. The molecule has 0 aliphatic rings. The number of rotatable bonds is 7. The number of hydrogen-bond donors (Lipinski definition) is 0. The number of aromatic nitrogens is 2. The summed E-state index contributed by atoms with van der Waals surface area (Å²) in [5, 5.41) is 2.62. The molecule has 0 saturated carbocycles. The largest absolute Gasteiger partial charge is 0.346 e. The lowest BCUT2D eigenvalue weighted by molar-refractivity contribution is -0.130. The van der Waals surface area contributed by atoms with Crippen LogP contribution in [-0.4, -0.2) is 34.0 Å². The van der Waals surface area contributed by atoms with E-state index in [1.54, 1.807) is 15.8 Å². The van der Waals surface area contributed by atoms with Gasteiger partial charge in [0.15, 0.2) is 0 Å². The van der Waals surface area contributed by atoms with Crippen molar-refractivity contribution in [2.75, 3.05) is 13.6 Å². The topological polar surface area (TPSA) is 55.2 Å². The Hall–Kier alpha value is -2.47. The third-order valence-electron chi connectivity index (χ3n) is 4.76. The third-order valence-corrected chi connectivity index (χ3v) is 5.65. The summed E-state index contributed by atoms with van der Waals surface area (Å²) in [4.78, 5) is 32.2. The fourth-order valence-corrected chi connectivity index (χ4v) is 3.91. The van der Waals surface area contributed by atoms with Gasteiger partial charge in [-0.25, -0.2) is 4.98 Å². The summed E-state index contributed by atoms with van der Waals surface area (Å²) in [6.45, 7) is 5.24. The van der Waals surface area contributed by atoms with Gasteiger partial charge in [0.05, 0.1) is 11.7 Å². The van der Waals surface area contributed by atoms with Crippen LogP contribution in [0.2, 0.25) is 0 Å². The van der Waals surface area contributed by atoms with Crippen molar-refractivity contribution in [1.29, 1.82) is 0 Å². The van der Waals surface area contributed by atoms with Crippen molar-refractivity contribution in [1.82, 2.24) is 14.5 Å². The van der Waals surface area contributed by atoms with Gasteiger partial charge in [0.1, 0.15) is 4.83 Å². The summed E-state index contributed by atoms with van der Waals surface area (Å²) in [5.74, 6) is 0.0551. The molecule has 142 valence electrons. The number of fused-ring (bicyclic) bond motifs is 1.